The van der Waals surface area contributed by atoms with E-state index < -0.39 is 15.2 Å². The lowest BCUT2D eigenvalue weighted by molar-refractivity contribution is 0.310. The molecule has 6 heteroatoms. The van der Waals surface area contributed by atoms with Crippen LogP contribution in [0.25, 0.3) is 0 Å². The topological polar surface area (TPSA) is 78.6 Å². The van der Waals surface area contributed by atoms with Crippen LogP contribution < -0.4 is 15.2 Å². The van der Waals surface area contributed by atoms with Crippen molar-refractivity contribution in [3.8, 4) is 11.5 Å². The fourth-order valence-corrected chi connectivity index (χ4v) is 2.00. The maximum Gasteiger partial charge on any atom is 0.163 e. The molecular formula is C12H19NO4S. The van der Waals surface area contributed by atoms with E-state index in [1.807, 2.05) is 6.92 Å². The van der Waals surface area contributed by atoms with Gasteiger partial charge in [-0.1, -0.05) is 6.07 Å². The highest BCUT2D eigenvalue weighted by molar-refractivity contribution is 7.91. The van der Waals surface area contributed by atoms with Gasteiger partial charge in [0.15, 0.2) is 21.3 Å². The van der Waals surface area contributed by atoms with Crippen molar-refractivity contribution in [1.82, 2.24) is 0 Å². The summed E-state index contributed by atoms with van der Waals surface area (Å²) in [6.45, 7) is 2.38. The summed E-state index contributed by atoms with van der Waals surface area (Å²) >= 11 is 0. The van der Waals surface area contributed by atoms with E-state index >= 15 is 0 Å². The minimum atomic E-state index is -3.24. The fourth-order valence-electron chi connectivity index (χ4n) is 1.50. The normalized spacial score (nSPS) is 13.1. The monoisotopic (exact) mass is 273 g/mol. The van der Waals surface area contributed by atoms with Gasteiger partial charge in [-0.25, -0.2) is 8.42 Å². The van der Waals surface area contributed by atoms with Gasteiger partial charge in [0, 0.05) is 12.7 Å². The van der Waals surface area contributed by atoms with E-state index in [0.29, 0.717) is 18.1 Å². The molecule has 0 saturated carbocycles. The van der Waals surface area contributed by atoms with E-state index in [0.717, 1.165) is 11.8 Å². The Hall–Kier alpha value is -1.27. The van der Waals surface area contributed by atoms with Crippen molar-refractivity contribution in [3.63, 3.8) is 0 Å². The van der Waals surface area contributed by atoms with Crippen molar-refractivity contribution in [3.05, 3.63) is 23.8 Å². The van der Waals surface area contributed by atoms with Crippen LogP contribution in [0.5, 0.6) is 11.5 Å². The molecular weight excluding hydrogens is 254 g/mol. The molecule has 0 aliphatic heterocycles. The highest BCUT2D eigenvalue weighted by Crippen LogP contribution is 2.28. The van der Waals surface area contributed by atoms with E-state index in [1.165, 1.54) is 0 Å². The largest absolute Gasteiger partial charge is 0.493 e. The predicted molar refractivity (Wildman–Crippen MR) is 70.7 cm³/mol. The second-order valence-corrected chi connectivity index (χ2v) is 6.25. The predicted octanol–water partition coefficient (Wildman–Crippen LogP) is 0.966. The minimum absolute atomic E-state index is 0.253. The third kappa shape index (κ3) is 3.89. The Bertz CT molecular complexity index is 499. The summed E-state index contributed by atoms with van der Waals surface area (Å²) in [7, 11) is -1.68. The highest BCUT2D eigenvalue weighted by Gasteiger charge is 2.16. The lowest BCUT2D eigenvalue weighted by Crippen LogP contribution is -2.31. The number of hydrogen-bond acceptors (Lipinski definition) is 5. The quantitative estimate of drug-likeness (QED) is 0.835. The molecule has 0 bridgehead atoms. The number of sulfone groups is 1. The van der Waals surface area contributed by atoms with E-state index in [-0.39, 0.29) is 6.42 Å². The Morgan fingerprint density at radius 2 is 2.00 bits per heavy atom. The molecule has 102 valence electrons. The molecule has 0 amide bonds. The Morgan fingerprint density at radius 1 is 1.33 bits per heavy atom. The Balaban J connectivity index is 2.94. The zero-order valence-corrected chi connectivity index (χ0v) is 11.7. The van der Waals surface area contributed by atoms with Crippen LogP contribution >= 0.6 is 0 Å². The van der Waals surface area contributed by atoms with E-state index in [9.17, 15) is 8.42 Å². The first-order valence-electron chi connectivity index (χ1n) is 5.62. The summed E-state index contributed by atoms with van der Waals surface area (Å²) in [6, 6.07) is 5.29. The van der Waals surface area contributed by atoms with Crippen LogP contribution in [0, 0.1) is 0 Å². The van der Waals surface area contributed by atoms with Gasteiger partial charge in [-0.05, 0) is 24.6 Å². The Morgan fingerprint density at radius 3 is 2.50 bits per heavy atom. The molecule has 0 radical (unpaired) electrons. The lowest BCUT2D eigenvalue weighted by atomic mass is 10.1. The first kappa shape index (κ1) is 14.8. The summed E-state index contributed by atoms with van der Waals surface area (Å²) in [5.74, 6) is 1.21. The number of hydrogen-bond donors (Lipinski definition) is 1. The van der Waals surface area contributed by atoms with Gasteiger partial charge in [0.05, 0.1) is 13.7 Å². The van der Waals surface area contributed by atoms with Gasteiger partial charge in [0.2, 0.25) is 0 Å². The third-order valence-corrected chi connectivity index (χ3v) is 3.78. The van der Waals surface area contributed by atoms with Crippen LogP contribution in [0.2, 0.25) is 0 Å². The van der Waals surface area contributed by atoms with Crippen LogP contribution in [-0.2, 0) is 16.3 Å². The second kappa shape index (κ2) is 6.06. The molecule has 0 unspecified atom stereocenters. The summed E-state index contributed by atoms with van der Waals surface area (Å²) in [5.41, 5.74) is 6.42. The Labute approximate surface area is 108 Å². The smallest absolute Gasteiger partial charge is 0.163 e. The second-order valence-electron chi connectivity index (χ2n) is 3.99. The molecule has 1 rings (SSSR count). The summed E-state index contributed by atoms with van der Waals surface area (Å²) < 4.78 is 33.1. The van der Waals surface area contributed by atoms with Gasteiger partial charge in [-0.2, -0.15) is 0 Å². The number of nitrogens with two attached hydrogens (primary N) is 1. The van der Waals surface area contributed by atoms with E-state index in [4.69, 9.17) is 15.2 Å². The van der Waals surface area contributed by atoms with Gasteiger partial charge in [-0.3, -0.25) is 0 Å². The van der Waals surface area contributed by atoms with E-state index in [1.54, 1.807) is 25.3 Å². The zero-order chi connectivity index (χ0) is 13.8. The van der Waals surface area contributed by atoms with Crippen molar-refractivity contribution >= 4 is 9.84 Å². The van der Waals surface area contributed by atoms with Crippen molar-refractivity contribution in [2.45, 2.75) is 18.7 Å². The van der Waals surface area contributed by atoms with Gasteiger partial charge in [0.1, 0.15) is 5.37 Å². The van der Waals surface area contributed by atoms with Crippen LogP contribution in [0.4, 0.5) is 0 Å². The van der Waals surface area contributed by atoms with Crippen LogP contribution in [-0.4, -0.2) is 33.8 Å². The molecule has 0 fully saturated rings. The lowest BCUT2D eigenvalue weighted by Gasteiger charge is -2.13. The molecule has 0 aliphatic rings. The molecule has 1 aromatic carbocycles. The minimum Gasteiger partial charge on any atom is -0.493 e. The summed E-state index contributed by atoms with van der Waals surface area (Å²) in [5, 5.41) is -0.902. The number of methoxy groups -OCH3 is 1. The molecule has 0 heterocycles. The molecule has 1 aromatic rings. The van der Waals surface area contributed by atoms with Crippen LogP contribution in [0.15, 0.2) is 18.2 Å². The summed E-state index contributed by atoms with van der Waals surface area (Å²) in [4.78, 5) is 0. The van der Waals surface area contributed by atoms with Crippen LogP contribution in [0.1, 0.15) is 12.5 Å². The molecule has 18 heavy (non-hydrogen) atoms. The van der Waals surface area contributed by atoms with Gasteiger partial charge < -0.3 is 15.2 Å². The molecule has 2 N–H and O–H groups in total. The molecule has 0 saturated heterocycles. The SMILES string of the molecule is CCOc1cc(C[C@@H](N)S(C)(=O)=O)ccc1OC. The van der Waals surface area contributed by atoms with Gasteiger partial charge in [0.25, 0.3) is 0 Å². The first-order valence-corrected chi connectivity index (χ1v) is 7.58. The van der Waals surface area contributed by atoms with Gasteiger partial charge in [-0.15, -0.1) is 0 Å². The number of benzene rings is 1. The van der Waals surface area contributed by atoms with Crippen LogP contribution in [0.3, 0.4) is 0 Å². The molecule has 1 atom stereocenters. The molecule has 0 aliphatic carbocycles. The van der Waals surface area contributed by atoms with Crippen molar-refractivity contribution in [2.75, 3.05) is 20.0 Å². The summed E-state index contributed by atoms with van der Waals surface area (Å²) in [6.07, 6.45) is 1.38. The standard InChI is InChI=1S/C12H19NO4S/c1-4-17-11-7-9(5-6-10(11)16-2)8-12(13)18(3,14)15/h5-7,12H,4,8,13H2,1-3H3/t12-/m0/s1. The maximum atomic E-state index is 11.3. The number of rotatable bonds is 6. The van der Waals surface area contributed by atoms with Gasteiger partial charge >= 0.3 is 0 Å². The first-order chi connectivity index (χ1) is 8.38. The van der Waals surface area contributed by atoms with Crippen molar-refractivity contribution in [2.24, 2.45) is 5.73 Å². The average Bonchev–Trinajstić information content (AvgIpc) is 2.28. The van der Waals surface area contributed by atoms with Crippen molar-refractivity contribution < 1.29 is 17.9 Å². The average molecular weight is 273 g/mol. The molecule has 0 spiro atoms. The highest BCUT2D eigenvalue weighted by atomic mass is 32.2. The molecule has 0 aromatic heterocycles. The maximum absolute atomic E-state index is 11.3. The zero-order valence-electron chi connectivity index (χ0n) is 10.8. The fraction of sp³-hybridized carbons (Fsp3) is 0.500. The van der Waals surface area contributed by atoms with Crippen molar-refractivity contribution in [1.29, 1.82) is 0 Å². The molecule has 5 nitrogen and oxygen atoms in total. The van der Waals surface area contributed by atoms with E-state index in [2.05, 4.69) is 0 Å². The number of ether oxygens (including phenoxy) is 2. The Kier molecular flexibility index (Phi) is 4.98. The third-order valence-electron chi connectivity index (χ3n) is 2.51.